The van der Waals surface area contributed by atoms with E-state index in [0.29, 0.717) is 6.04 Å². The summed E-state index contributed by atoms with van der Waals surface area (Å²) in [5.74, 6) is 0. The number of ether oxygens (including phenoxy) is 1. The second kappa shape index (κ2) is 6.73. The van der Waals surface area contributed by atoms with E-state index in [1.807, 2.05) is 5.51 Å². The molecule has 1 aromatic heterocycles. The number of rotatable bonds is 4. The van der Waals surface area contributed by atoms with Gasteiger partial charge in [-0.1, -0.05) is 6.92 Å². The van der Waals surface area contributed by atoms with Crippen LogP contribution in [0.5, 0.6) is 0 Å². The van der Waals surface area contributed by atoms with Crippen LogP contribution >= 0.6 is 11.3 Å². The lowest BCUT2D eigenvalue weighted by Gasteiger charge is -2.47. The van der Waals surface area contributed by atoms with Crippen molar-refractivity contribution in [2.75, 3.05) is 33.3 Å². The first kappa shape index (κ1) is 15.4. The summed E-state index contributed by atoms with van der Waals surface area (Å²) in [4.78, 5) is 9.47. The van der Waals surface area contributed by atoms with Crippen molar-refractivity contribution in [3.8, 4) is 0 Å². The first-order valence-electron chi connectivity index (χ1n) is 8.14. The summed E-state index contributed by atoms with van der Waals surface area (Å²) in [7, 11) is 2.22. The number of piperidine rings is 1. The smallest absolute Gasteiger partial charge is 0.0795 e. The second-order valence-electron chi connectivity index (χ2n) is 6.52. The topological polar surface area (TPSA) is 28.6 Å². The summed E-state index contributed by atoms with van der Waals surface area (Å²) in [6.45, 7) is 7.61. The average molecular weight is 309 g/mol. The van der Waals surface area contributed by atoms with Crippen molar-refractivity contribution in [2.24, 2.45) is 0 Å². The molecule has 4 nitrogen and oxygen atoms in total. The van der Waals surface area contributed by atoms with Crippen LogP contribution in [0.1, 0.15) is 38.3 Å². The van der Waals surface area contributed by atoms with Gasteiger partial charge in [-0.05, 0) is 39.3 Å². The molecule has 3 heterocycles. The molecule has 0 aliphatic carbocycles. The highest BCUT2D eigenvalue weighted by Crippen LogP contribution is 2.36. The van der Waals surface area contributed by atoms with Gasteiger partial charge in [0.25, 0.3) is 0 Å². The van der Waals surface area contributed by atoms with E-state index in [1.54, 1.807) is 11.3 Å². The maximum Gasteiger partial charge on any atom is 0.0795 e. The zero-order valence-corrected chi connectivity index (χ0v) is 14.1. The molecule has 2 aliphatic rings. The Labute approximate surface area is 132 Å². The van der Waals surface area contributed by atoms with Gasteiger partial charge in [0, 0.05) is 37.7 Å². The van der Waals surface area contributed by atoms with E-state index in [4.69, 9.17) is 4.74 Å². The Hall–Kier alpha value is -0.490. The van der Waals surface area contributed by atoms with Gasteiger partial charge in [0.15, 0.2) is 0 Å². The Morgan fingerprint density at radius 3 is 2.95 bits per heavy atom. The highest BCUT2D eigenvalue weighted by atomic mass is 32.1. The molecule has 3 rings (SSSR count). The van der Waals surface area contributed by atoms with Crippen molar-refractivity contribution >= 4 is 11.3 Å². The van der Waals surface area contributed by atoms with Crippen LogP contribution in [-0.2, 0) is 11.3 Å². The van der Waals surface area contributed by atoms with Gasteiger partial charge in [-0.3, -0.25) is 4.90 Å². The van der Waals surface area contributed by atoms with E-state index in [-0.39, 0.29) is 5.60 Å². The number of nitrogens with zero attached hydrogens (tertiary/aromatic N) is 3. The SMILES string of the molecule is CCN(Cc1cscn1)C1CCOC2(CCN(C)CC2)C1. The second-order valence-corrected chi connectivity index (χ2v) is 7.24. The molecule has 2 saturated heterocycles. The Bertz CT molecular complexity index is 429. The maximum absolute atomic E-state index is 6.25. The lowest BCUT2D eigenvalue weighted by Crippen LogP contribution is -2.53. The first-order valence-corrected chi connectivity index (χ1v) is 9.09. The number of thiazole rings is 1. The average Bonchev–Trinajstić information content (AvgIpc) is 3.01. The summed E-state index contributed by atoms with van der Waals surface area (Å²) in [6, 6.07) is 0.647. The molecule has 0 saturated carbocycles. The lowest BCUT2D eigenvalue weighted by atomic mass is 9.82. The Balaban J connectivity index is 1.64. The van der Waals surface area contributed by atoms with E-state index in [0.717, 1.165) is 26.1 Å². The fourth-order valence-electron chi connectivity index (χ4n) is 3.71. The molecule has 0 bridgehead atoms. The van der Waals surface area contributed by atoms with Gasteiger partial charge in [-0.15, -0.1) is 11.3 Å². The zero-order valence-electron chi connectivity index (χ0n) is 13.3. The molecule has 1 spiro atoms. The van der Waals surface area contributed by atoms with Gasteiger partial charge in [-0.25, -0.2) is 4.98 Å². The monoisotopic (exact) mass is 309 g/mol. The largest absolute Gasteiger partial charge is 0.375 e. The van der Waals surface area contributed by atoms with Crippen LogP contribution in [0, 0.1) is 0 Å². The lowest BCUT2D eigenvalue weighted by molar-refractivity contribution is -0.131. The molecule has 2 aliphatic heterocycles. The normalized spacial score (nSPS) is 26.5. The number of hydrogen-bond donors (Lipinski definition) is 0. The Morgan fingerprint density at radius 2 is 2.29 bits per heavy atom. The molecule has 0 amide bonds. The standard InChI is InChI=1S/C16H27N3OS/c1-3-19(11-14-12-21-13-17-14)15-4-9-20-16(10-15)5-7-18(2)8-6-16/h12-13,15H,3-11H2,1-2H3. The summed E-state index contributed by atoms with van der Waals surface area (Å²) in [5, 5.41) is 2.17. The fraction of sp³-hybridized carbons (Fsp3) is 0.812. The van der Waals surface area contributed by atoms with Crippen molar-refractivity contribution < 1.29 is 4.74 Å². The van der Waals surface area contributed by atoms with Gasteiger partial charge in [0.05, 0.1) is 16.8 Å². The molecule has 0 radical (unpaired) electrons. The third-order valence-corrected chi connectivity index (χ3v) is 5.77. The minimum atomic E-state index is 0.144. The molecule has 0 N–H and O–H groups in total. The molecule has 21 heavy (non-hydrogen) atoms. The van der Waals surface area contributed by atoms with E-state index < -0.39 is 0 Å². The molecule has 5 heteroatoms. The Morgan fingerprint density at radius 1 is 1.48 bits per heavy atom. The summed E-state index contributed by atoms with van der Waals surface area (Å²) >= 11 is 1.69. The van der Waals surface area contributed by atoms with Crippen molar-refractivity contribution in [3.05, 3.63) is 16.6 Å². The van der Waals surface area contributed by atoms with Crippen LogP contribution in [0.2, 0.25) is 0 Å². The van der Waals surface area contributed by atoms with Gasteiger partial charge in [0.2, 0.25) is 0 Å². The Kier molecular flexibility index (Phi) is 4.94. The van der Waals surface area contributed by atoms with Crippen LogP contribution in [-0.4, -0.2) is 59.7 Å². The maximum atomic E-state index is 6.25. The molecular formula is C16H27N3OS. The fourth-order valence-corrected chi connectivity index (χ4v) is 4.26. The van der Waals surface area contributed by atoms with Crippen molar-refractivity contribution in [1.82, 2.24) is 14.8 Å². The molecule has 2 fully saturated rings. The van der Waals surface area contributed by atoms with Crippen molar-refractivity contribution in [2.45, 2.75) is 50.8 Å². The highest BCUT2D eigenvalue weighted by molar-refractivity contribution is 7.07. The van der Waals surface area contributed by atoms with Gasteiger partial charge in [-0.2, -0.15) is 0 Å². The van der Waals surface area contributed by atoms with Crippen LogP contribution in [0.15, 0.2) is 10.9 Å². The third kappa shape index (κ3) is 3.65. The first-order chi connectivity index (χ1) is 10.2. The zero-order chi connectivity index (χ0) is 14.7. The third-order valence-electron chi connectivity index (χ3n) is 5.14. The minimum absolute atomic E-state index is 0.144. The molecule has 118 valence electrons. The molecule has 1 aromatic rings. The van der Waals surface area contributed by atoms with Crippen LogP contribution in [0.3, 0.4) is 0 Å². The number of likely N-dealkylation sites (tertiary alicyclic amines) is 1. The highest BCUT2D eigenvalue weighted by Gasteiger charge is 2.41. The molecule has 1 atom stereocenters. The number of aromatic nitrogens is 1. The van der Waals surface area contributed by atoms with Crippen LogP contribution in [0.25, 0.3) is 0 Å². The van der Waals surface area contributed by atoms with E-state index >= 15 is 0 Å². The predicted molar refractivity (Wildman–Crippen MR) is 86.6 cm³/mol. The van der Waals surface area contributed by atoms with E-state index in [9.17, 15) is 0 Å². The van der Waals surface area contributed by atoms with Crippen molar-refractivity contribution in [3.63, 3.8) is 0 Å². The van der Waals surface area contributed by atoms with Gasteiger partial charge >= 0.3 is 0 Å². The van der Waals surface area contributed by atoms with E-state index in [2.05, 4.69) is 34.1 Å². The number of hydrogen-bond acceptors (Lipinski definition) is 5. The molecule has 0 aromatic carbocycles. The molecule has 1 unspecified atom stereocenters. The van der Waals surface area contributed by atoms with Crippen molar-refractivity contribution in [1.29, 1.82) is 0 Å². The van der Waals surface area contributed by atoms with Gasteiger partial charge < -0.3 is 9.64 Å². The minimum Gasteiger partial charge on any atom is -0.375 e. The van der Waals surface area contributed by atoms with Gasteiger partial charge in [0.1, 0.15) is 0 Å². The summed E-state index contributed by atoms with van der Waals surface area (Å²) in [6.07, 6.45) is 4.73. The predicted octanol–water partition coefficient (Wildman–Crippen LogP) is 2.61. The van der Waals surface area contributed by atoms with Crippen LogP contribution < -0.4 is 0 Å². The summed E-state index contributed by atoms with van der Waals surface area (Å²) in [5.41, 5.74) is 3.29. The molecular weight excluding hydrogens is 282 g/mol. The summed E-state index contributed by atoms with van der Waals surface area (Å²) < 4.78 is 6.25. The van der Waals surface area contributed by atoms with E-state index in [1.165, 1.54) is 38.0 Å². The van der Waals surface area contributed by atoms with Crippen LogP contribution in [0.4, 0.5) is 0 Å². The quantitative estimate of drug-likeness (QED) is 0.855.